The van der Waals surface area contributed by atoms with Gasteiger partial charge in [0.25, 0.3) is 0 Å². The molecule has 0 amide bonds. The van der Waals surface area contributed by atoms with Gasteiger partial charge in [0.05, 0.1) is 23.1 Å². The van der Waals surface area contributed by atoms with Crippen molar-refractivity contribution in [2.75, 3.05) is 0 Å². The minimum absolute atomic E-state index is 0.0133. The van der Waals surface area contributed by atoms with Crippen molar-refractivity contribution in [3.63, 3.8) is 0 Å². The molecule has 1 atom stereocenters. The lowest BCUT2D eigenvalue weighted by Crippen LogP contribution is -2.69. The molecule has 1 aliphatic heterocycles. The van der Waals surface area contributed by atoms with E-state index in [2.05, 4.69) is 11.2 Å². The number of rotatable bonds is 2. The monoisotopic (exact) mass is 342 g/mol. The Balaban J connectivity index is 1.56. The van der Waals surface area contributed by atoms with Crippen molar-refractivity contribution >= 4 is 0 Å². The van der Waals surface area contributed by atoms with Crippen LogP contribution in [-0.4, -0.2) is 14.3 Å². The van der Waals surface area contributed by atoms with Crippen LogP contribution in [-0.2, 0) is 12.0 Å². The van der Waals surface area contributed by atoms with Crippen molar-refractivity contribution in [3.05, 3.63) is 51.2 Å². The van der Waals surface area contributed by atoms with Gasteiger partial charge in [0, 0.05) is 12.0 Å². The van der Waals surface area contributed by atoms with E-state index in [1.165, 1.54) is 23.7 Å². The summed E-state index contributed by atoms with van der Waals surface area (Å²) >= 11 is 0. The second kappa shape index (κ2) is 4.37. The Morgan fingerprint density at radius 3 is 2.52 bits per heavy atom. The van der Waals surface area contributed by atoms with E-state index >= 15 is 0 Å². The van der Waals surface area contributed by atoms with Crippen LogP contribution in [0.5, 0.6) is 0 Å². The van der Waals surface area contributed by atoms with E-state index in [-0.39, 0.29) is 22.2 Å². The van der Waals surface area contributed by atoms with Crippen LogP contribution in [0.15, 0.2) is 16.9 Å². The Hall–Kier alpha value is -2.49. The summed E-state index contributed by atoms with van der Waals surface area (Å²) in [6.45, 7) is 1.40. The molecule has 3 aliphatic carbocycles. The number of nitriles is 1. The maximum absolute atomic E-state index is 13.9. The molecule has 0 spiro atoms. The molecule has 2 bridgehead atoms. The zero-order valence-electron chi connectivity index (χ0n) is 13.7. The van der Waals surface area contributed by atoms with Gasteiger partial charge in [-0.25, -0.2) is 18.3 Å². The normalized spacial score (nSPS) is 31.8. The standard InChI is InChI=1S/C18H16F2N4O/c1-10-12(19)4-11(5-13(10)20)14-2-3-15-22-24(16(25)23(14)15)18-6-17(7-18,8-18)9-21/h4-5,14H,2-3,6-8H2,1H3. The lowest BCUT2D eigenvalue weighted by atomic mass is 9.40. The fourth-order valence-corrected chi connectivity index (χ4v) is 4.86. The molecule has 3 saturated carbocycles. The summed E-state index contributed by atoms with van der Waals surface area (Å²) in [5, 5.41) is 13.7. The second-order valence-corrected chi connectivity index (χ2v) is 7.79. The van der Waals surface area contributed by atoms with Gasteiger partial charge in [-0.15, -0.1) is 0 Å². The highest BCUT2D eigenvalue weighted by atomic mass is 19.1. The summed E-state index contributed by atoms with van der Waals surface area (Å²) in [6.07, 6.45) is 3.22. The van der Waals surface area contributed by atoms with E-state index in [4.69, 9.17) is 5.26 Å². The summed E-state index contributed by atoms with van der Waals surface area (Å²) in [5.41, 5.74) is -0.368. The van der Waals surface area contributed by atoms with Gasteiger partial charge in [-0.2, -0.15) is 10.4 Å². The highest BCUT2D eigenvalue weighted by Crippen LogP contribution is 2.70. The van der Waals surface area contributed by atoms with E-state index in [0.717, 1.165) is 0 Å². The molecular formula is C18H16F2N4O. The SMILES string of the molecule is Cc1c(F)cc(C2CCc3nn(C45CC(C#N)(C4)C5)c(=O)n32)cc1F. The van der Waals surface area contributed by atoms with Crippen LogP contribution in [0.25, 0.3) is 0 Å². The molecule has 3 fully saturated rings. The van der Waals surface area contributed by atoms with Crippen LogP contribution >= 0.6 is 0 Å². The van der Waals surface area contributed by atoms with Gasteiger partial charge in [-0.1, -0.05) is 0 Å². The van der Waals surface area contributed by atoms with E-state index in [1.807, 2.05) is 0 Å². The lowest BCUT2D eigenvalue weighted by Gasteiger charge is -2.65. The minimum atomic E-state index is -0.598. The number of benzene rings is 1. The van der Waals surface area contributed by atoms with Crippen LogP contribution in [0, 0.1) is 35.3 Å². The molecule has 0 N–H and O–H groups in total. The fourth-order valence-electron chi connectivity index (χ4n) is 4.86. The van der Waals surface area contributed by atoms with Gasteiger partial charge in [-0.05, 0) is 50.3 Å². The number of halogens is 2. The first kappa shape index (κ1) is 14.8. The minimum Gasteiger partial charge on any atom is -0.271 e. The summed E-state index contributed by atoms with van der Waals surface area (Å²) in [5.74, 6) is -0.536. The van der Waals surface area contributed by atoms with Crippen LogP contribution in [0.1, 0.15) is 48.7 Å². The van der Waals surface area contributed by atoms with Crippen LogP contribution in [0.2, 0.25) is 0 Å². The average molecular weight is 342 g/mol. The number of aryl methyl sites for hydroxylation is 1. The van der Waals surface area contributed by atoms with Gasteiger partial charge in [-0.3, -0.25) is 4.57 Å². The molecule has 0 radical (unpaired) electrons. The molecule has 25 heavy (non-hydrogen) atoms. The van der Waals surface area contributed by atoms with E-state index in [0.29, 0.717) is 43.5 Å². The molecule has 1 unspecified atom stereocenters. The van der Waals surface area contributed by atoms with Gasteiger partial charge in [0.1, 0.15) is 17.5 Å². The van der Waals surface area contributed by atoms with E-state index in [9.17, 15) is 13.6 Å². The Morgan fingerprint density at radius 1 is 1.28 bits per heavy atom. The van der Waals surface area contributed by atoms with Crippen LogP contribution < -0.4 is 5.69 Å². The lowest BCUT2D eigenvalue weighted by molar-refractivity contribution is -0.155. The summed E-state index contributed by atoms with van der Waals surface area (Å²) in [7, 11) is 0. The first-order valence-electron chi connectivity index (χ1n) is 8.46. The number of nitrogens with zero attached hydrogens (tertiary/aromatic N) is 4. The number of hydrogen-bond donors (Lipinski definition) is 0. The maximum atomic E-state index is 13.9. The molecule has 2 heterocycles. The molecule has 5 nitrogen and oxygen atoms in total. The molecule has 2 aromatic rings. The van der Waals surface area contributed by atoms with Crippen molar-refractivity contribution in [1.82, 2.24) is 14.3 Å². The number of fused-ring (bicyclic) bond motifs is 1. The van der Waals surface area contributed by atoms with Gasteiger partial charge in [0.2, 0.25) is 0 Å². The zero-order valence-corrected chi connectivity index (χ0v) is 13.7. The first-order chi connectivity index (χ1) is 11.9. The van der Waals surface area contributed by atoms with Crippen molar-refractivity contribution in [2.45, 2.75) is 50.6 Å². The predicted molar refractivity (Wildman–Crippen MR) is 83.9 cm³/mol. The first-order valence-corrected chi connectivity index (χ1v) is 8.46. The Labute approximate surface area is 142 Å². The predicted octanol–water partition coefficient (Wildman–Crippen LogP) is 2.57. The molecule has 0 saturated heterocycles. The Morgan fingerprint density at radius 2 is 1.92 bits per heavy atom. The molecule has 7 heteroatoms. The quantitative estimate of drug-likeness (QED) is 0.843. The highest BCUT2D eigenvalue weighted by molar-refractivity contribution is 5.31. The van der Waals surface area contributed by atoms with E-state index < -0.39 is 17.7 Å². The van der Waals surface area contributed by atoms with E-state index in [1.54, 1.807) is 4.57 Å². The van der Waals surface area contributed by atoms with Gasteiger partial charge in [0.15, 0.2) is 0 Å². The third-order valence-electron chi connectivity index (χ3n) is 6.21. The topological polar surface area (TPSA) is 63.6 Å². The molecule has 1 aromatic heterocycles. The van der Waals surface area contributed by atoms with Crippen LogP contribution in [0.4, 0.5) is 8.78 Å². The van der Waals surface area contributed by atoms with Crippen LogP contribution in [0.3, 0.4) is 0 Å². The third-order valence-corrected chi connectivity index (χ3v) is 6.21. The smallest absolute Gasteiger partial charge is 0.271 e. The van der Waals surface area contributed by atoms with Crippen molar-refractivity contribution < 1.29 is 8.78 Å². The number of aromatic nitrogens is 3. The molecule has 4 aliphatic rings. The Kier molecular flexibility index (Phi) is 2.59. The van der Waals surface area contributed by atoms with Gasteiger partial charge >= 0.3 is 5.69 Å². The molecular weight excluding hydrogens is 326 g/mol. The molecule has 1 aromatic carbocycles. The number of hydrogen-bond acceptors (Lipinski definition) is 3. The third kappa shape index (κ3) is 1.69. The Bertz CT molecular complexity index is 986. The maximum Gasteiger partial charge on any atom is 0.347 e. The summed E-state index contributed by atoms with van der Waals surface area (Å²) in [6, 6.07) is 4.56. The average Bonchev–Trinajstić information content (AvgIpc) is 3.04. The summed E-state index contributed by atoms with van der Waals surface area (Å²) in [4.78, 5) is 12.9. The zero-order chi connectivity index (χ0) is 17.6. The summed E-state index contributed by atoms with van der Waals surface area (Å²) < 4.78 is 31.0. The largest absolute Gasteiger partial charge is 0.347 e. The van der Waals surface area contributed by atoms with Crippen molar-refractivity contribution in [1.29, 1.82) is 5.26 Å². The highest BCUT2D eigenvalue weighted by Gasteiger charge is 2.71. The van der Waals surface area contributed by atoms with Crippen molar-refractivity contribution in [3.8, 4) is 6.07 Å². The van der Waals surface area contributed by atoms with Crippen molar-refractivity contribution in [2.24, 2.45) is 5.41 Å². The fraction of sp³-hybridized carbons (Fsp3) is 0.500. The molecule has 128 valence electrons. The molecule has 6 rings (SSSR count). The van der Waals surface area contributed by atoms with Gasteiger partial charge < -0.3 is 0 Å². The second-order valence-electron chi connectivity index (χ2n) is 7.79.